The Morgan fingerprint density at radius 2 is 2.00 bits per heavy atom. The van der Waals surface area contributed by atoms with Gasteiger partial charge in [-0.05, 0) is 47.8 Å². The predicted molar refractivity (Wildman–Crippen MR) is 102 cm³/mol. The van der Waals surface area contributed by atoms with Gasteiger partial charge >= 0.3 is 0 Å². The smallest absolute Gasteiger partial charge is 0.298 e. The third-order valence-electron chi connectivity index (χ3n) is 4.22. The molecule has 0 saturated carbocycles. The molecule has 1 N–H and O–H groups in total. The zero-order valence-electron chi connectivity index (χ0n) is 15.4. The van der Waals surface area contributed by atoms with Crippen LogP contribution in [0, 0.1) is 6.92 Å². The van der Waals surface area contributed by atoms with E-state index in [2.05, 4.69) is 10.6 Å². The first-order chi connectivity index (χ1) is 13.0. The molecule has 1 heterocycles. The molecule has 0 fully saturated rings. The lowest BCUT2D eigenvalue weighted by Crippen LogP contribution is -2.36. The molecular weight excluding hydrogens is 362 g/mol. The fourth-order valence-corrected chi connectivity index (χ4v) is 3.59. The summed E-state index contributed by atoms with van der Waals surface area (Å²) in [5.74, 6) is -0.738. The molecule has 140 valence electrons. The summed E-state index contributed by atoms with van der Waals surface area (Å²) in [5, 5.41) is 18.6. The summed E-state index contributed by atoms with van der Waals surface area (Å²) in [6.45, 7) is 5.77. The average Bonchev–Trinajstić information content (AvgIpc) is 3.04. The molecule has 3 rings (SSSR count). The number of hydrogen-bond donors (Lipinski definition) is 1. The number of amides is 1. The lowest BCUT2D eigenvalue weighted by atomic mass is 10.1. The van der Waals surface area contributed by atoms with E-state index in [1.54, 1.807) is 6.92 Å². The van der Waals surface area contributed by atoms with Crippen LogP contribution < -0.4 is 15.1 Å². The monoisotopic (exact) mass is 383 g/mol. The molecule has 0 aliphatic heterocycles. The number of para-hydroxylation sites is 2. The van der Waals surface area contributed by atoms with Crippen LogP contribution in [0.2, 0.25) is 0 Å². The van der Waals surface area contributed by atoms with Gasteiger partial charge in [-0.15, -0.1) is 0 Å². The summed E-state index contributed by atoms with van der Waals surface area (Å²) >= 11 is 1.13. The molecule has 0 saturated heterocycles. The number of thioether (sulfide) groups is 1. The molecule has 0 aliphatic carbocycles. The third kappa shape index (κ3) is 4.14. The second-order valence-electron chi connectivity index (χ2n) is 6.12. The molecule has 0 radical (unpaired) electrons. The van der Waals surface area contributed by atoms with Gasteiger partial charge < -0.3 is 14.9 Å². The van der Waals surface area contributed by atoms with Gasteiger partial charge in [0.15, 0.2) is 5.95 Å². The number of carbonyl (C=O) groups excluding carboxylic acids is 1. The number of anilines is 1. The molecule has 0 spiro atoms. The molecule has 1 amide bonds. The van der Waals surface area contributed by atoms with Crippen molar-refractivity contribution in [3.63, 3.8) is 0 Å². The van der Waals surface area contributed by atoms with Crippen LogP contribution in [0.25, 0.3) is 5.69 Å². The van der Waals surface area contributed by atoms with Crippen molar-refractivity contribution in [2.75, 3.05) is 5.32 Å². The number of benzene rings is 2. The van der Waals surface area contributed by atoms with Crippen LogP contribution in [0.1, 0.15) is 25.0 Å². The van der Waals surface area contributed by atoms with Gasteiger partial charge in [-0.1, -0.05) is 43.3 Å². The predicted octanol–water partition coefficient (Wildman–Crippen LogP) is 3.02. The minimum Gasteiger partial charge on any atom is -0.538 e. The molecule has 0 bridgehead atoms. The van der Waals surface area contributed by atoms with E-state index in [-0.39, 0.29) is 10.9 Å². The largest absolute Gasteiger partial charge is 0.538 e. The number of nitrogens with zero attached hydrogens (tertiary/aromatic N) is 2. The zero-order chi connectivity index (χ0) is 19.4. The van der Waals surface area contributed by atoms with Crippen LogP contribution >= 0.6 is 11.8 Å². The molecule has 3 aromatic rings. The average molecular weight is 383 g/mol. The number of aromatic nitrogens is 2. The molecule has 0 aliphatic rings. The van der Waals surface area contributed by atoms with Crippen molar-refractivity contribution >= 4 is 23.4 Å². The highest BCUT2D eigenvalue weighted by molar-refractivity contribution is 8.00. The van der Waals surface area contributed by atoms with Gasteiger partial charge in [0.25, 0.3) is 5.03 Å². The minimum atomic E-state index is -0.561. The van der Waals surface area contributed by atoms with E-state index in [0.717, 1.165) is 35.0 Å². The van der Waals surface area contributed by atoms with Crippen LogP contribution in [-0.4, -0.2) is 16.4 Å². The van der Waals surface area contributed by atoms with Crippen molar-refractivity contribution in [3.05, 3.63) is 59.7 Å². The van der Waals surface area contributed by atoms with Crippen molar-refractivity contribution in [2.45, 2.75) is 37.5 Å². The Hall–Kier alpha value is -2.80. The molecule has 2 aromatic carbocycles. The second-order valence-corrected chi connectivity index (χ2v) is 7.45. The Morgan fingerprint density at radius 1 is 1.26 bits per heavy atom. The normalized spacial score (nSPS) is 12.0. The van der Waals surface area contributed by atoms with Gasteiger partial charge in [-0.2, -0.15) is 0 Å². The number of nitrogens with one attached hydrogen (secondary N) is 1. The summed E-state index contributed by atoms with van der Waals surface area (Å²) in [7, 11) is 0. The van der Waals surface area contributed by atoms with Crippen molar-refractivity contribution in [3.8, 4) is 11.6 Å². The van der Waals surface area contributed by atoms with Crippen molar-refractivity contribution in [1.82, 2.24) is 5.27 Å². The van der Waals surface area contributed by atoms with Crippen LogP contribution in [-0.2, 0) is 11.2 Å². The maximum Gasteiger partial charge on any atom is 0.298 e. The number of aryl methyl sites for hydroxylation is 2. The first kappa shape index (κ1) is 19.0. The van der Waals surface area contributed by atoms with Gasteiger partial charge in [0.05, 0.1) is 10.5 Å². The van der Waals surface area contributed by atoms with E-state index in [1.807, 2.05) is 62.4 Å². The van der Waals surface area contributed by atoms with E-state index in [1.165, 1.54) is 4.68 Å². The van der Waals surface area contributed by atoms with Gasteiger partial charge in [0.2, 0.25) is 11.6 Å². The molecule has 1 aromatic heterocycles. The number of carbonyl (C=O) groups is 1. The Bertz CT molecular complexity index is 941. The maximum absolute atomic E-state index is 12.7. The fourth-order valence-electron chi connectivity index (χ4n) is 2.72. The number of hydrogen-bond acceptors (Lipinski definition) is 5. The van der Waals surface area contributed by atoms with Crippen molar-refractivity contribution < 1.29 is 19.1 Å². The Labute approximate surface area is 162 Å². The highest BCUT2D eigenvalue weighted by Crippen LogP contribution is 2.29. The summed E-state index contributed by atoms with van der Waals surface area (Å²) in [4.78, 5) is 12.7. The molecule has 1 unspecified atom stereocenters. The van der Waals surface area contributed by atoms with Gasteiger partial charge in [-0.3, -0.25) is 4.79 Å². The SMILES string of the molecule is CCc1cccc(C)c1NC(=O)C(C)Sc1c([O-])on[n+]1-c1ccccc1. The maximum atomic E-state index is 12.7. The topological polar surface area (TPSA) is 82.1 Å². The van der Waals surface area contributed by atoms with Crippen molar-refractivity contribution in [2.24, 2.45) is 0 Å². The number of rotatable bonds is 6. The lowest BCUT2D eigenvalue weighted by molar-refractivity contribution is -0.705. The first-order valence-electron chi connectivity index (χ1n) is 8.71. The van der Waals surface area contributed by atoms with Crippen LogP contribution in [0.4, 0.5) is 5.69 Å². The van der Waals surface area contributed by atoms with E-state index in [4.69, 9.17) is 4.52 Å². The summed E-state index contributed by atoms with van der Waals surface area (Å²) < 4.78 is 6.23. The van der Waals surface area contributed by atoms with E-state index in [0.29, 0.717) is 5.69 Å². The lowest BCUT2D eigenvalue weighted by Gasteiger charge is -2.15. The van der Waals surface area contributed by atoms with Crippen LogP contribution in [0.3, 0.4) is 0 Å². The van der Waals surface area contributed by atoms with Gasteiger partial charge in [-0.25, -0.2) is 0 Å². The van der Waals surface area contributed by atoms with Gasteiger partial charge in [0, 0.05) is 17.8 Å². The van der Waals surface area contributed by atoms with Crippen LogP contribution in [0.15, 0.2) is 58.1 Å². The summed E-state index contributed by atoms with van der Waals surface area (Å²) in [5.41, 5.74) is 3.62. The van der Waals surface area contributed by atoms with E-state index in [9.17, 15) is 9.90 Å². The second kappa shape index (κ2) is 8.26. The quantitative estimate of drug-likeness (QED) is 0.523. The molecular formula is C20H21N3O3S. The molecule has 6 nitrogen and oxygen atoms in total. The summed E-state index contributed by atoms with van der Waals surface area (Å²) in [6.07, 6.45) is 0.823. The van der Waals surface area contributed by atoms with Gasteiger partial charge in [0.1, 0.15) is 0 Å². The highest BCUT2D eigenvalue weighted by atomic mass is 32.2. The third-order valence-corrected chi connectivity index (χ3v) is 5.35. The fraction of sp³-hybridized carbons (Fsp3) is 0.250. The summed E-state index contributed by atoms with van der Waals surface area (Å²) in [6, 6.07) is 15.1. The highest BCUT2D eigenvalue weighted by Gasteiger charge is 2.27. The molecule has 1 atom stereocenters. The van der Waals surface area contributed by atoms with E-state index >= 15 is 0 Å². The van der Waals surface area contributed by atoms with Crippen LogP contribution in [0.5, 0.6) is 5.95 Å². The first-order valence-corrected chi connectivity index (χ1v) is 9.59. The molecule has 27 heavy (non-hydrogen) atoms. The minimum absolute atomic E-state index is 0.177. The molecule has 7 heteroatoms. The Kier molecular flexibility index (Phi) is 5.81. The zero-order valence-corrected chi connectivity index (χ0v) is 16.2. The van der Waals surface area contributed by atoms with Crippen molar-refractivity contribution in [1.29, 1.82) is 0 Å². The van der Waals surface area contributed by atoms with E-state index < -0.39 is 11.2 Å². The Balaban J connectivity index is 1.80. The standard InChI is InChI=1S/C20H21N3O3S/c1-4-15-10-8-9-13(2)17(15)21-18(24)14(3)27-19-20(25)26-22-23(19)16-11-6-5-7-12-16/h5-12,14H,4H2,1-3H3,(H-,21,22,24,25). The Morgan fingerprint density at radius 3 is 2.70 bits per heavy atom.